The Morgan fingerprint density at radius 1 is 1.20 bits per heavy atom. The standard InChI is InChI=1S/C14H25NO5/c1-20-14(19)7-5-3-2-4-6-13(18)15-9-12(17)8-11(15)10-16/h11-12,16-17H,2-10H2,1H3. The number of β-amino-alcohol motifs (C(OH)–C–C–N with tert-alkyl or cyclic N) is 1. The number of nitrogens with zero attached hydrogens (tertiary/aromatic N) is 1. The van der Waals surface area contributed by atoms with E-state index in [-0.39, 0.29) is 24.5 Å². The summed E-state index contributed by atoms with van der Waals surface area (Å²) in [4.78, 5) is 24.5. The molecule has 0 bridgehead atoms. The predicted molar refractivity (Wildman–Crippen MR) is 72.9 cm³/mol. The lowest BCUT2D eigenvalue weighted by atomic mass is 10.1. The van der Waals surface area contributed by atoms with E-state index in [4.69, 9.17) is 0 Å². The number of aliphatic hydroxyl groups is 2. The van der Waals surface area contributed by atoms with Crippen molar-refractivity contribution in [2.75, 3.05) is 20.3 Å². The molecule has 0 aromatic heterocycles. The number of carbonyl (C=O) groups excluding carboxylic acids is 2. The number of methoxy groups -OCH3 is 1. The Hall–Kier alpha value is -1.14. The molecule has 0 spiro atoms. The normalized spacial score (nSPS) is 22.1. The molecule has 0 radical (unpaired) electrons. The number of hydrogen-bond acceptors (Lipinski definition) is 5. The minimum atomic E-state index is -0.517. The minimum absolute atomic E-state index is 0.00596. The monoisotopic (exact) mass is 287 g/mol. The third-order valence-corrected chi connectivity index (χ3v) is 3.67. The second kappa shape index (κ2) is 8.92. The van der Waals surface area contributed by atoms with E-state index < -0.39 is 6.10 Å². The highest BCUT2D eigenvalue weighted by Gasteiger charge is 2.33. The van der Waals surface area contributed by atoms with Gasteiger partial charge in [-0.3, -0.25) is 9.59 Å². The van der Waals surface area contributed by atoms with E-state index in [0.29, 0.717) is 25.8 Å². The topological polar surface area (TPSA) is 87.1 Å². The zero-order valence-corrected chi connectivity index (χ0v) is 12.1. The van der Waals surface area contributed by atoms with Gasteiger partial charge in [-0.15, -0.1) is 0 Å². The van der Waals surface area contributed by atoms with Crippen molar-refractivity contribution in [2.24, 2.45) is 0 Å². The van der Waals surface area contributed by atoms with E-state index in [1.165, 1.54) is 7.11 Å². The summed E-state index contributed by atoms with van der Waals surface area (Å²) in [7, 11) is 1.38. The first-order valence-electron chi connectivity index (χ1n) is 7.23. The van der Waals surface area contributed by atoms with Crippen LogP contribution in [-0.2, 0) is 14.3 Å². The maximum Gasteiger partial charge on any atom is 0.305 e. The quantitative estimate of drug-likeness (QED) is 0.500. The van der Waals surface area contributed by atoms with Crippen LogP contribution in [0.1, 0.15) is 44.9 Å². The van der Waals surface area contributed by atoms with Crippen LogP contribution >= 0.6 is 0 Å². The largest absolute Gasteiger partial charge is 0.469 e. The number of ether oxygens (including phenoxy) is 1. The molecular formula is C14H25NO5. The van der Waals surface area contributed by atoms with Crippen LogP contribution < -0.4 is 0 Å². The van der Waals surface area contributed by atoms with Crippen molar-refractivity contribution in [2.45, 2.75) is 57.1 Å². The Bertz CT molecular complexity index is 321. The molecule has 116 valence electrons. The van der Waals surface area contributed by atoms with Crippen molar-refractivity contribution in [1.29, 1.82) is 0 Å². The van der Waals surface area contributed by atoms with Gasteiger partial charge in [0.1, 0.15) is 0 Å². The third kappa shape index (κ3) is 5.46. The second-order valence-electron chi connectivity index (χ2n) is 5.26. The smallest absolute Gasteiger partial charge is 0.305 e. The summed E-state index contributed by atoms with van der Waals surface area (Å²) in [5.74, 6) is -0.202. The molecule has 1 aliphatic heterocycles. The molecule has 20 heavy (non-hydrogen) atoms. The average molecular weight is 287 g/mol. The molecule has 2 atom stereocenters. The van der Waals surface area contributed by atoms with Gasteiger partial charge in [0.2, 0.25) is 5.91 Å². The molecule has 1 heterocycles. The van der Waals surface area contributed by atoms with Crippen LogP contribution in [0, 0.1) is 0 Å². The average Bonchev–Trinajstić information content (AvgIpc) is 2.83. The SMILES string of the molecule is COC(=O)CCCCCCC(=O)N1CC(O)CC1CO. The zero-order chi connectivity index (χ0) is 15.0. The van der Waals surface area contributed by atoms with E-state index in [1.807, 2.05) is 0 Å². The maximum absolute atomic E-state index is 12.0. The highest BCUT2D eigenvalue weighted by atomic mass is 16.5. The molecule has 1 rings (SSSR count). The lowest BCUT2D eigenvalue weighted by Crippen LogP contribution is -2.37. The van der Waals surface area contributed by atoms with Gasteiger partial charge in [-0.25, -0.2) is 0 Å². The number of amides is 1. The summed E-state index contributed by atoms with van der Waals surface area (Å²) in [6, 6.07) is -0.239. The number of aliphatic hydroxyl groups excluding tert-OH is 2. The number of rotatable bonds is 8. The summed E-state index contributed by atoms with van der Waals surface area (Å²) in [5, 5.41) is 18.7. The lowest BCUT2D eigenvalue weighted by Gasteiger charge is -2.22. The fourth-order valence-corrected chi connectivity index (χ4v) is 2.52. The van der Waals surface area contributed by atoms with Gasteiger partial charge in [0.15, 0.2) is 0 Å². The highest BCUT2D eigenvalue weighted by molar-refractivity contribution is 5.76. The second-order valence-corrected chi connectivity index (χ2v) is 5.26. The van der Waals surface area contributed by atoms with Crippen LogP contribution in [0.15, 0.2) is 0 Å². The summed E-state index contributed by atoms with van der Waals surface area (Å²) in [6.45, 7) is 0.230. The van der Waals surface area contributed by atoms with Crippen LogP contribution in [0.5, 0.6) is 0 Å². The fourth-order valence-electron chi connectivity index (χ4n) is 2.52. The van der Waals surface area contributed by atoms with E-state index in [1.54, 1.807) is 4.90 Å². The van der Waals surface area contributed by atoms with Gasteiger partial charge in [-0.05, 0) is 19.3 Å². The molecule has 2 unspecified atom stereocenters. The number of likely N-dealkylation sites (tertiary alicyclic amines) is 1. The lowest BCUT2D eigenvalue weighted by molar-refractivity contribution is -0.140. The van der Waals surface area contributed by atoms with Crippen molar-refractivity contribution in [3.63, 3.8) is 0 Å². The van der Waals surface area contributed by atoms with Crippen LogP contribution in [0.4, 0.5) is 0 Å². The summed E-state index contributed by atoms with van der Waals surface area (Å²) in [5.41, 5.74) is 0. The number of esters is 1. The van der Waals surface area contributed by atoms with Gasteiger partial charge in [0, 0.05) is 19.4 Å². The van der Waals surface area contributed by atoms with E-state index in [9.17, 15) is 19.8 Å². The Balaban J connectivity index is 2.12. The first-order valence-corrected chi connectivity index (χ1v) is 7.23. The predicted octanol–water partition coefficient (Wildman–Crippen LogP) is 0.454. The van der Waals surface area contributed by atoms with Crippen LogP contribution in [0.2, 0.25) is 0 Å². The van der Waals surface area contributed by atoms with E-state index in [2.05, 4.69) is 4.74 Å². The number of hydrogen-bond donors (Lipinski definition) is 2. The van der Waals surface area contributed by atoms with Gasteiger partial charge in [0.25, 0.3) is 0 Å². The molecule has 0 aliphatic carbocycles. The molecule has 0 saturated carbocycles. The van der Waals surface area contributed by atoms with Crippen LogP contribution in [0.25, 0.3) is 0 Å². The van der Waals surface area contributed by atoms with Gasteiger partial charge < -0.3 is 19.8 Å². The van der Waals surface area contributed by atoms with Crippen LogP contribution in [0.3, 0.4) is 0 Å². The number of carbonyl (C=O) groups is 2. The van der Waals surface area contributed by atoms with Crippen molar-refractivity contribution in [3.8, 4) is 0 Å². The van der Waals surface area contributed by atoms with Gasteiger partial charge in [-0.2, -0.15) is 0 Å². The summed E-state index contributed by atoms with van der Waals surface area (Å²) >= 11 is 0. The first kappa shape index (κ1) is 16.9. The molecule has 1 amide bonds. The fraction of sp³-hybridized carbons (Fsp3) is 0.857. The van der Waals surface area contributed by atoms with Crippen LogP contribution in [-0.4, -0.2) is 59.4 Å². The molecule has 6 heteroatoms. The Morgan fingerprint density at radius 2 is 1.85 bits per heavy atom. The summed E-state index contributed by atoms with van der Waals surface area (Å²) < 4.78 is 4.55. The first-order chi connectivity index (χ1) is 9.58. The molecule has 1 saturated heterocycles. The van der Waals surface area contributed by atoms with E-state index in [0.717, 1.165) is 25.7 Å². The van der Waals surface area contributed by atoms with E-state index >= 15 is 0 Å². The minimum Gasteiger partial charge on any atom is -0.469 e. The molecule has 0 aromatic rings. The Labute approximate surface area is 119 Å². The number of unbranched alkanes of at least 4 members (excludes halogenated alkanes) is 3. The maximum atomic E-state index is 12.0. The Morgan fingerprint density at radius 3 is 2.45 bits per heavy atom. The third-order valence-electron chi connectivity index (χ3n) is 3.67. The summed E-state index contributed by atoms with van der Waals surface area (Å²) in [6.07, 6.45) is 4.14. The zero-order valence-electron chi connectivity index (χ0n) is 12.1. The highest BCUT2D eigenvalue weighted by Crippen LogP contribution is 2.19. The van der Waals surface area contributed by atoms with Gasteiger partial charge >= 0.3 is 5.97 Å². The molecular weight excluding hydrogens is 262 g/mol. The molecule has 2 N–H and O–H groups in total. The Kier molecular flexibility index (Phi) is 7.54. The van der Waals surface area contributed by atoms with Crippen molar-refractivity contribution in [3.05, 3.63) is 0 Å². The van der Waals surface area contributed by atoms with Crippen molar-refractivity contribution >= 4 is 11.9 Å². The van der Waals surface area contributed by atoms with Crippen molar-refractivity contribution < 1.29 is 24.5 Å². The van der Waals surface area contributed by atoms with Crippen molar-refractivity contribution in [1.82, 2.24) is 4.90 Å². The molecule has 1 fully saturated rings. The van der Waals surface area contributed by atoms with Gasteiger partial charge in [0.05, 0.1) is 25.9 Å². The molecule has 6 nitrogen and oxygen atoms in total. The molecule has 1 aliphatic rings. The van der Waals surface area contributed by atoms with Gasteiger partial charge in [-0.1, -0.05) is 12.8 Å². The molecule has 0 aromatic carbocycles.